The number of fused-ring (bicyclic) bond motifs is 1. The first-order chi connectivity index (χ1) is 12.4. The second kappa shape index (κ2) is 7.07. The van der Waals surface area contributed by atoms with Crippen LogP contribution in [-0.4, -0.2) is 35.6 Å². The number of aromatic nitrogens is 2. The zero-order valence-corrected chi connectivity index (χ0v) is 15.8. The molecule has 3 aromatic rings. The monoisotopic (exact) mass is 352 g/mol. The molecule has 6 nitrogen and oxygen atoms in total. The van der Waals surface area contributed by atoms with Crippen LogP contribution in [-0.2, 0) is 7.05 Å². The summed E-state index contributed by atoms with van der Waals surface area (Å²) in [6.07, 6.45) is 0. The number of ether oxygens (including phenoxy) is 2. The summed E-state index contributed by atoms with van der Waals surface area (Å²) in [4.78, 5) is 9.20. The third-order valence-electron chi connectivity index (χ3n) is 4.22. The Kier molecular flexibility index (Phi) is 4.84. The molecule has 0 bridgehead atoms. The molecule has 26 heavy (non-hydrogen) atoms. The summed E-state index contributed by atoms with van der Waals surface area (Å²) in [6.45, 7) is 4.00. The van der Waals surface area contributed by atoms with E-state index in [2.05, 4.69) is 9.56 Å². The van der Waals surface area contributed by atoms with Crippen molar-refractivity contribution in [1.29, 1.82) is 0 Å². The van der Waals surface area contributed by atoms with Crippen molar-refractivity contribution in [2.45, 2.75) is 19.9 Å². The van der Waals surface area contributed by atoms with E-state index in [1.165, 1.54) is 0 Å². The number of imidazole rings is 1. The van der Waals surface area contributed by atoms with Gasteiger partial charge in [-0.25, -0.2) is 4.98 Å². The van der Waals surface area contributed by atoms with Gasteiger partial charge in [0.2, 0.25) is 0 Å². The van der Waals surface area contributed by atoms with Crippen LogP contribution in [0.5, 0.6) is 11.5 Å². The van der Waals surface area contributed by atoms with Crippen LogP contribution in [0.2, 0.25) is 0 Å². The summed E-state index contributed by atoms with van der Waals surface area (Å²) in [5.41, 5.74) is 9.82. The molecule has 2 N–H and O–H groups in total. The van der Waals surface area contributed by atoms with Crippen molar-refractivity contribution in [3.63, 3.8) is 0 Å². The summed E-state index contributed by atoms with van der Waals surface area (Å²) in [5.74, 6) is 2.73. The lowest BCUT2D eigenvalue weighted by Crippen LogP contribution is -2.15. The molecule has 0 aliphatic carbocycles. The van der Waals surface area contributed by atoms with Crippen molar-refractivity contribution in [3.05, 3.63) is 42.0 Å². The molecule has 0 saturated carbocycles. The highest BCUT2D eigenvalue weighted by Gasteiger charge is 2.14. The van der Waals surface area contributed by atoms with Gasteiger partial charge in [-0.3, -0.25) is 4.99 Å². The lowest BCUT2D eigenvalue weighted by Gasteiger charge is -2.09. The molecular weight excluding hydrogens is 328 g/mol. The van der Waals surface area contributed by atoms with Gasteiger partial charge < -0.3 is 19.8 Å². The van der Waals surface area contributed by atoms with Crippen LogP contribution < -0.4 is 15.2 Å². The topological polar surface area (TPSA) is 74.7 Å². The van der Waals surface area contributed by atoms with Crippen molar-refractivity contribution in [1.82, 2.24) is 9.55 Å². The Morgan fingerprint density at radius 1 is 1.08 bits per heavy atom. The van der Waals surface area contributed by atoms with Gasteiger partial charge in [0.1, 0.15) is 11.7 Å². The SMILES string of the molecule is COc1ccc(-c2nc3cc(C(N)=NC(C)C)ccc3n2C)cc1OC. The fourth-order valence-corrected chi connectivity index (χ4v) is 2.95. The number of hydrogen-bond donors (Lipinski definition) is 1. The molecule has 0 aliphatic heterocycles. The smallest absolute Gasteiger partial charge is 0.161 e. The van der Waals surface area contributed by atoms with E-state index in [1.807, 2.05) is 57.3 Å². The maximum absolute atomic E-state index is 6.10. The Hall–Kier alpha value is -3.02. The Morgan fingerprint density at radius 2 is 1.81 bits per heavy atom. The van der Waals surface area contributed by atoms with E-state index in [0.29, 0.717) is 17.3 Å². The van der Waals surface area contributed by atoms with Crippen LogP contribution in [0.25, 0.3) is 22.4 Å². The van der Waals surface area contributed by atoms with Gasteiger partial charge in [0.15, 0.2) is 11.5 Å². The minimum Gasteiger partial charge on any atom is -0.493 e. The van der Waals surface area contributed by atoms with Crippen molar-refractivity contribution in [2.24, 2.45) is 17.8 Å². The summed E-state index contributed by atoms with van der Waals surface area (Å²) in [6, 6.07) is 11.9. The largest absolute Gasteiger partial charge is 0.493 e. The molecule has 1 aromatic heterocycles. The summed E-state index contributed by atoms with van der Waals surface area (Å²) in [5, 5.41) is 0. The third-order valence-corrected chi connectivity index (χ3v) is 4.22. The number of rotatable bonds is 5. The predicted molar refractivity (Wildman–Crippen MR) is 105 cm³/mol. The summed E-state index contributed by atoms with van der Waals surface area (Å²) < 4.78 is 12.8. The minimum atomic E-state index is 0.150. The van der Waals surface area contributed by atoms with Crippen LogP contribution >= 0.6 is 0 Å². The predicted octanol–water partition coefficient (Wildman–Crippen LogP) is 3.37. The Morgan fingerprint density at radius 3 is 2.46 bits per heavy atom. The zero-order valence-electron chi connectivity index (χ0n) is 15.8. The quantitative estimate of drug-likeness (QED) is 0.564. The molecule has 0 atom stereocenters. The fourth-order valence-electron chi connectivity index (χ4n) is 2.95. The van der Waals surface area contributed by atoms with Crippen LogP contribution in [0.3, 0.4) is 0 Å². The number of amidine groups is 1. The van der Waals surface area contributed by atoms with Crippen LogP contribution in [0.15, 0.2) is 41.4 Å². The average Bonchev–Trinajstić information content (AvgIpc) is 2.96. The van der Waals surface area contributed by atoms with Crippen molar-refractivity contribution < 1.29 is 9.47 Å². The van der Waals surface area contributed by atoms with Gasteiger partial charge >= 0.3 is 0 Å². The number of aryl methyl sites for hydroxylation is 1. The number of hydrogen-bond acceptors (Lipinski definition) is 4. The molecule has 6 heteroatoms. The second-order valence-corrected chi connectivity index (χ2v) is 6.38. The molecule has 0 saturated heterocycles. The first-order valence-corrected chi connectivity index (χ1v) is 8.47. The third kappa shape index (κ3) is 3.22. The Balaban J connectivity index is 2.09. The second-order valence-electron chi connectivity index (χ2n) is 6.38. The Bertz CT molecular complexity index is 973. The van der Waals surface area contributed by atoms with Crippen molar-refractivity contribution >= 4 is 16.9 Å². The van der Waals surface area contributed by atoms with Gasteiger partial charge in [-0.2, -0.15) is 0 Å². The maximum atomic E-state index is 6.10. The highest BCUT2D eigenvalue weighted by atomic mass is 16.5. The van der Waals surface area contributed by atoms with E-state index in [4.69, 9.17) is 20.2 Å². The standard InChI is InChI=1S/C20H24N4O2/c1-12(2)22-19(21)13-6-8-16-15(10-13)23-20(24(16)3)14-7-9-17(25-4)18(11-14)26-5/h6-12H,1-5H3,(H2,21,22). The minimum absolute atomic E-state index is 0.150. The van der Waals surface area contributed by atoms with Crippen molar-refractivity contribution in [3.8, 4) is 22.9 Å². The molecule has 3 rings (SSSR count). The molecule has 0 spiro atoms. The first kappa shape index (κ1) is 17.8. The number of methoxy groups -OCH3 is 2. The van der Waals surface area contributed by atoms with Gasteiger partial charge in [-0.1, -0.05) is 0 Å². The molecule has 0 fully saturated rings. The molecule has 0 amide bonds. The number of nitrogens with zero attached hydrogens (tertiary/aromatic N) is 3. The maximum Gasteiger partial charge on any atom is 0.161 e. The van der Waals surface area contributed by atoms with E-state index in [-0.39, 0.29) is 6.04 Å². The van der Waals surface area contributed by atoms with E-state index in [0.717, 1.165) is 28.0 Å². The number of aliphatic imine (C=N–C) groups is 1. The molecule has 0 unspecified atom stereocenters. The Labute approximate surface area is 153 Å². The molecule has 1 heterocycles. The molecule has 2 aromatic carbocycles. The fraction of sp³-hybridized carbons (Fsp3) is 0.300. The zero-order chi connectivity index (χ0) is 18.8. The molecule has 136 valence electrons. The van der Waals surface area contributed by atoms with Crippen molar-refractivity contribution in [2.75, 3.05) is 14.2 Å². The first-order valence-electron chi connectivity index (χ1n) is 8.47. The highest BCUT2D eigenvalue weighted by Crippen LogP contribution is 2.33. The van der Waals surface area contributed by atoms with Gasteiger partial charge in [-0.15, -0.1) is 0 Å². The summed E-state index contributed by atoms with van der Waals surface area (Å²) in [7, 11) is 5.24. The van der Waals surface area contributed by atoms with Gasteiger partial charge in [-0.05, 0) is 50.2 Å². The normalized spacial score (nSPS) is 12.0. The number of nitrogens with two attached hydrogens (primary N) is 1. The van der Waals surface area contributed by atoms with E-state index >= 15 is 0 Å². The van der Waals surface area contributed by atoms with E-state index in [9.17, 15) is 0 Å². The van der Waals surface area contributed by atoms with Gasteiger partial charge in [0, 0.05) is 24.2 Å². The lowest BCUT2D eigenvalue weighted by atomic mass is 10.2. The summed E-state index contributed by atoms with van der Waals surface area (Å²) >= 11 is 0. The van der Waals surface area contributed by atoms with Gasteiger partial charge in [0.05, 0.1) is 25.3 Å². The van der Waals surface area contributed by atoms with Crippen LogP contribution in [0.4, 0.5) is 0 Å². The molecular formula is C20H24N4O2. The molecule has 0 aliphatic rings. The van der Waals surface area contributed by atoms with E-state index < -0.39 is 0 Å². The molecule has 0 radical (unpaired) electrons. The van der Waals surface area contributed by atoms with Crippen LogP contribution in [0, 0.1) is 0 Å². The van der Waals surface area contributed by atoms with E-state index in [1.54, 1.807) is 14.2 Å². The van der Waals surface area contributed by atoms with Gasteiger partial charge in [0.25, 0.3) is 0 Å². The van der Waals surface area contributed by atoms with Crippen LogP contribution in [0.1, 0.15) is 19.4 Å². The average molecular weight is 352 g/mol. The number of benzene rings is 2. The highest BCUT2D eigenvalue weighted by molar-refractivity contribution is 6.00. The lowest BCUT2D eigenvalue weighted by molar-refractivity contribution is 0.355.